The molecule has 0 saturated heterocycles. The lowest BCUT2D eigenvalue weighted by Gasteiger charge is -2.34. The van der Waals surface area contributed by atoms with Gasteiger partial charge in [0.25, 0.3) is 0 Å². The van der Waals surface area contributed by atoms with Gasteiger partial charge in [0.1, 0.15) is 0 Å². The highest BCUT2D eigenvalue weighted by atomic mass is 14.8. The Morgan fingerprint density at radius 3 is 1.29 bits per heavy atom. The van der Waals surface area contributed by atoms with E-state index in [1.807, 2.05) is 12.4 Å². The number of benzene rings is 9. The maximum atomic E-state index is 5.57. The van der Waals surface area contributed by atoms with Gasteiger partial charge < -0.3 is 0 Å². The zero-order valence-corrected chi connectivity index (χ0v) is 42.1. The summed E-state index contributed by atoms with van der Waals surface area (Å²) in [6.45, 7) is 0. The van der Waals surface area contributed by atoms with Crippen LogP contribution in [-0.2, 0) is 18.3 Å². The molecule has 2 aliphatic rings. The molecule has 0 fully saturated rings. The standard InChI is InChI=1S/C73H48N4/c1-5-17-47(18-6-1)55-41-43-74-69-59(55)37-39-61-63(49-21-9-3-10-22-49)45-67(76-71(61)69)51-29-33-53(34-30-51)73(65-27-15-13-25-57(65)58-26-14-16-28-66(58)73)54-35-31-52(32-36-54)68-46-64(50-23-11-4-12-24-50)62-40-38-60-56(48-19-7-2-8-20-48)42-44-75-70(60)72(62)77-68/h1-37,39,41-46H,38,40H2. The van der Waals surface area contributed by atoms with Gasteiger partial charge >= 0.3 is 0 Å². The third-order valence-electron chi connectivity index (χ3n) is 16.2. The second kappa shape index (κ2) is 18.2. The Kier molecular flexibility index (Phi) is 10.5. The van der Waals surface area contributed by atoms with Crippen LogP contribution in [0.25, 0.3) is 111 Å². The molecule has 4 nitrogen and oxygen atoms in total. The molecule has 15 rings (SSSR count). The van der Waals surface area contributed by atoms with Crippen molar-refractivity contribution < 1.29 is 0 Å². The van der Waals surface area contributed by atoms with Gasteiger partial charge in [0.15, 0.2) is 0 Å². The van der Waals surface area contributed by atoms with Gasteiger partial charge in [-0.3, -0.25) is 9.97 Å². The van der Waals surface area contributed by atoms with Crippen molar-refractivity contribution in [2.24, 2.45) is 0 Å². The minimum atomic E-state index is -0.612. The van der Waals surface area contributed by atoms with E-state index >= 15 is 0 Å². The molecule has 0 unspecified atom stereocenters. The summed E-state index contributed by atoms with van der Waals surface area (Å²) in [4.78, 5) is 21.2. The van der Waals surface area contributed by atoms with Gasteiger partial charge in [-0.05, 0) is 126 Å². The Labute approximate surface area is 447 Å². The van der Waals surface area contributed by atoms with Crippen LogP contribution in [0.2, 0.25) is 0 Å². The highest BCUT2D eigenvalue weighted by Crippen LogP contribution is 2.56. The van der Waals surface area contributed by atoms with E-state index in [2.05, 4.69) is 255 Å². The predicted octanol–water partition coefficient (Wildman–Crippen LogP) is 17.7. The quantitative estimate of drug-likeness (QED) is 0.142. The van der Waals surface area contributed by atoms with Crippen LogP contribution in [0.4, 0.5) is 0 Å². The lowest BCUT2D eigenvalue weighted by molar-refractivity contribution is 0.768. The molecule has 0 atom stereocenters. The minimum Gasteiger partial charge on any atom is -0.254 e. The lowest BCUT2D eigenvalue weighted by atomic mass is 9.67. The third kappa shape index (κ3) is 7.21. The molecular weight excluding hydrogens is 933 g/mol. The van der Waals surface area contributed by atoms with Crippen LogP contribution in [0.15, 0.2) is 267 Å². The molecule has 0 radical (unpaired) electrons. The molecule has 13 aromatic rings. The number of aromatic nitrogens is 4. The first-order valence-electron chi connectivity index (χ1n) is 26.6. The Hall–Kier alpha value is -9.90. The smallest absolute Gasteiger partial charge is 0.0978 e. The lowest BCUT2D eigenvalue weighted by Crippen LogP contribution is -2.28. The average molecular weight is 981 g/mol. The van der Waals surface area contributed by atoms with Crippen molar-refractivity contribution in [2.45, 2.75) is 18.3 Å². The molecule has 0 bridgehead atoms. The first-order chi connectivity index (χ1) is 38.2. The molecule has 2 aliphatic carbocycles. The van der Waals surface area contributed by atoms with Crippen LogP contribution < -0.4 is 0 Å². The molecule has 4 aromatic heterocycles. The maximum absolute atomic E-state index is 5.57. The SMILES string of the molecule is c1ccc(-c2ccnc3c2CCc2c(-c4ccccc4)cc(-c4ccc(C5(c6ccc(-c7cc(-c8ccccc8)c8ccc9c(-c%10ccccc%10)ccnc9c8n7)cc6)c6ccccc6-c6ccccc65)cc4)nc2-3)cc1. The summed E-state index contributed by atoms with van der Waals surface area (Å²) >= 11 is 0. The van der Waals surface area contributed by atoms with Gasteiger partial charge in [-0.2, -0.15) is 0 Å². The molecule has 9 aromatic carbocycles. The fourth-order valence-corrected chi connectivity index (χ4v) is 12.7. The van der Waals surface area contributed by atoms with Crippen LogP contribution in [0.1, 0.15) is 33.4 Å². The van der Waals surface area contributed by atoms with Crippen molar-refractivity contribution in [3.05, 3.63) is 301 Å². The second-order valence-corrected chi connectivity index (χ2v) is 20.3. The van der Waals surface area contributed by atoms with Crippen molar-refractivity contribution in [1.82, 2.24) is 19.9 Å². The van der Waals surface area contributed by atoms with Gasteiger partial charge in [0.05, 0.1) is 39.2 Å². The fraction of sp³-hybridized carbons (Fsp3) is 0.0411. The van der Waals surface area contributed by atoms with Crippen molar-refractivity contribution >= 4 is 21.8 Å². The van der Waals surface area contributed by atoms with Crippen molar-refractivity contribution in [3.8, 4) is 89.5 Å². The van der Waals surface area contributed by atoms with Gasteiger partial charge in [0, 0.05) is 34.3 Å². The van der Waals surface area contributed by atoms with Crippen LogP contribution in [0.5, 0.6) is 0 Å². The van der Waals surface area contributed by atoms with E-state index in [1.165, 1.54) is 66.8 Å². The van der Waals surface area contributed by atoms with Crippen molar-refractivity contribution in [2.75, 3.05) is 0 Å². The highest BCUT2D eigenvalue weighted by Gasteiger charge is 2.46. The number of rotatable bonds is 8. The Morgan fingerprint density at radius 2 is 0.714 bits per heavy atom. The third-order valence-corrected chi connectivity index (χ3v) is 16.2. The summed E-state index contributed by atoms with van der Waals surface area (Å²) in [5.74, 6) is 0. The maximum Gasteiger partial charge on any atom is 0.0978 e. The van der Waals surface area contributed by atoms with E-state index < -0.39 is 5.41 Å². The summed E-state index contributed by atoms with van der Waals surface area (Å²) in [7, 11) is 0. The van der Waals surface area contributed by atoms with Crippen LogP contribution >= 0.6 is 0 Å². The molecule has 4 heterocycles. The van der Waals surface area contributed by atoms with E-state index in [9.17, 15) is 0 Å². The minimum absolute atomic E-state index is 0.612. The Bertz CT molecular complexity index is 4360. The first-order valence-corrected chi connectivity index (χ1v) is 26.6. The molecule has 4 heteroatoms. The summed E-state index contributed by atoms with van der Waals surface area (Å²) in [6.07, 6.45) is 5.66. The molecule has 77 heavy (non-hydrogen) atoms. The zero-order valence-electron chi connectivity index (χ0n) is 42.1. The van der Waals surface area contributed by atoms with E-state index in [1.54, 1.807) is 0 Å². The highest BCUT2D eigenvalue weighted by molar-refractivity contribution is 6.12. The van der Waals surface area contributed by atoms with Crippen molar-refractivity contribution in [1.29, 1.82) is 0 Å². The number of hydrogen-bond donors (Lipinski definition) is 0. The molecule has 0 N–H and O–H groups in total. The molecule has 0 spiro atoms. The normalized spacial score (nSPS) is 12.9. The van der Waals surface area contributed by atoms with Crippen LogP contribution in [-0.4, -0.2) is 19.9 Å². The number of hydrogen-bond acceptors (Lipinski definition) is 4. The van der Waals surface area contributed by atoms with E-state index in [4.69, 9.17) is 19.9 Å². The van der Waals surface area contributed by atoms with Crippen LogP contribution in [0.3, 0.4) is 0 Å². The topological polar surface area (TPSA) is 51.6 Å². The second-order valence-electron chi connectivity index (χ2n) is 20.3. The average Bonchev–Trinajstić information content (AvgIpc) is 4.04. The molecule has 0 aliphatic heterocycles. The molecule has 0 amide bonds. The summed E-state index contributed by atoms with van der Waals surface area (Å²) in [6, 6.07) is 92.3. The number of pyridine rings is 4. The summed E-state index contributed by atoms with van der Waals surface area (Å²) in [5, 5.41) is 2.15. The van der Waals surface area contributed by atoms with Gasteiger partial charge in [0.2, 0.25) is 0 Å². The number of fused-ring (bicyclic) bond motifs is 9. The predicted molar refractivity (Wildman–Crippen MR) is 315 cm³/mol. The first kappa shape index (κ1) is 44.6. The van der Waals surface area contributed by atoms with E-state index in [0.717, 1.165) is 90.8 Å². The Balaban J connectivity index is 0.881. The zero-order chi connectivity index (χ0) is 50.9. The molecule has 0 saturated carbocycles. The fourth-order valence-electron chi connectivity index (χ4n) is 12.7. The summed E-state index contributed by atoms with van der Waals surface area (Å²) in [5.41, 5.74) is 26.3. The Morgan fingerprint density at radius 1 is 0.286 bits per heavy atom. The van der Waals surface area contributed by atoms with Crippen molar-refractivity contribution in [3.63, 3.8) is 0 Å². The largest absolute Gasteiger partial charge is 0.254 e. The summed E-state index contributed by atoms with van der Waals surface area (Å²) < 4.78 is 0. The molecular formula is C73H48N4. The van der Waals surface area contributed by atoms with Gasteiger partial charge in [-0.15, -0.1) is 0 Å². The van der Waals surface area contributed by atoms with E-state index in [0.29, 0.717) is 0 Å². The van der Waals surface area contributed by atoms with E-state index in [-0.39, 0.29) is 0 Å². The van der Waals surface area contributed by atoms with Crippen LogP contribution in [0, 0.1) is 0 Å². The monoisotopic (exact) mass is 980 g/mol. The van der Waals surface area contributed by atoms with Gasteiger partial charge in [-0.25, -0.2) is 9.97 Å². The number of nitrogens with zero attached hydrogens (tertiary/aromatic N) is 4. The van der Waals surface area contributed by atoms with Gasteiger partial charge in [-0.1, -0.05) is 231 Å². The molecule has 360 valence electrons.